The number of aliphatic hydroxyl groups excluding tert-OH is 1. The molecule has 3 aliphatic heterocycles. The fourth-order valence-corrected chi connectivity index (χ4v) is 7.06. The number of hydrogen-bond acceptors (Lipinski definition) is 8. The lowest BCUT2D eigenvalue weighted by Gasteiger charge is -2.34. The number of aromatic nitrogens is 3. The lowest BCUT2D eigenvalue weighted by molar-refractivity contribution is -0.146. The molecule has 2 N–H and O–H groups in total. The fourth-order valence-electron chi connectivity index (χ4n) is 7.06. The molecule has 0 aliphatic carbocycles. The topological polar surface area (TPSA) is 130 Å². The largest absolute Gasteiger partial charge is 0.447 e. The summed E-state index contributed by atoms with van der Waals surface area (Å²) < 4.78 is 13.6. The number of cyclic esters (lactones) is 1. The van der Waals surface area contributed by atoms with E-state index in [1.807, 2.05) is 55.5 Å². The minimum absolute atomic E-state index is 0.221. The van der Waals surface area contributed by atoms with Crippen LogP contribution in [0.4, 0.5) is 16.2 Å². The van der Waals surface area contributed by atoms with Gasteiger partial charge in [0.1, 0.15) is 18.4 Å². The Morgan fingerprint density at radius 3 is 2.65 bits per heavy atom. The number of rotatable bonds is 9. The molecule has 3 aliphatic rings. The first-order valence-corrected chi connectivity index (χ1v) is 14.6. The molecule has 226 valence electrons. The van der Waals surface area contributed by atoms with E-state index < -0.39 is 41.3 Å². The summed E-state index contributed by atoms with van der Waals surface area (Å²) in [6, 6.07) is 14.7. The minimum atomic E-state index is -1.37. The molecule has 1 spiro atoms. The number of amides is 2. The van der Waals surface area contributed by atoms with Gasteiger partial charge in [0.25, 0.3) is 5.91 Å². The van der Waals surface area contributed by atoms with E-state index >= 15 is 0 Å². The van der Waals surface area contributed by atoms with Crippen molar-refractivity contribution in [3.8, 4) is 0 Å². The van der Waals surface area contributed by atoms with Gasteiger partial charge in [-0.15, -0.1) is 11.7 Å². The monoisotopic (exact) mass is 587 g/mol. The van der Waals surface area contributed by atoms with Gasteiger partial charge in [-0.2, -0.15) is 0 Å². The van der Waals surface area contributed by atoms with Gasteiger partial charge in [0, 0.05) is 36.2 Å². The van der Waals surface area contributed by atoms with Crippen LogP contribution in [0.25, 0.3) is 0 Å². The Bertz CT molecular complexity index is 1530. The Kier molecular flexibility index (Phi) is 7.35. The Balaban J connectivity index is 1.32. The molecule has 6 rings (SSSR count). The second-order valence-electron chi connectivity index (χ2n) is 12.0. The second-order valence-corrected chi connectivity index (χ2v) is 12.0. The number of fused-ring (bicyclic) bond motifs is 2. The van der Waals surface area contributed by atoms with Crippen molar-refractivity contribution in [2.75, 3.05) is 29.5 Å². The molecule has 2 saturated heterocycles. The van der Waals surface area contributed by atoms with Crippen molar-refractivity contribution >= 4 is 23.4 Å². The lowest BCUT2D eigenvalue weighted by Crippen LogP contribution is -2.46. The predicted octanol–water partition coefficient (Wildman–Crippen LogP) is 3.56. The molecule has 4 heterocycles. The van der Waals surface area contributed by atoms with Gasteiger partial charge in [-0.05, 0) is 44.0 Å². The van der Waals surface area contributed by atoms with Crippen LogP contribution in [0, 0.1) is 11.8 Å². The summed E-state index contributed by atoms with van der Waals surface area (Å²) in [5, 5.41) is 30.6. The highest BCUT2D eigenvalue weighted by Gasteiger charge is 2.65. The first kappa shape index (κ1) is 29.0. The molecule has 11 nitrogen and oxygen atoms in total. The van der Waals surface area contributed by atoms with E-state index in [4.69, 9.17) is 9.47 Å². The van der Waals surface area contributed by atoms with Crippen LogP contribution in [-0.2, 0) is 26.4 Å². The molecule has 0 unspecified atom stereocenters. The van der Waals surface area contributed by atoms with Crippen molar-refractivity contribution in [2.24, 2.45) is 11.8 Å². The molecule has 5 atom stereocenters. The van der Waals surface area contributed by atoms with Crippen molar-refractivity contribution < 1.29 is 29.3 Å². The van der Waals surface area contributed by atoms with Gasteiger partial charge in [0.2, 0.25) is 0 Å². The summed E-state index contributed by atoms with van der Waals surface area (Å²) >= 11 is 0. The number of carbonyl (C=O) groups excluding carboxylic acids is 2. The number of aliphatic hydroxyl groups is 2. The van der Waals surface area contributed by atoms with Crippen molar-refractivity contribution in [3.63, 3.8) is 0 Å². The van der Waals surface area contributed by atoms with Gasteiger partial charge in [0.05, 0.1) is 30.1 Å². The lowest BCUT2D eigenvalue weighted by atomic mass is 9.71. The van der Waals surface area contributed by atoms with Crippen LogP contribution in [0.1, 0.15) is 50.1 Å². The Morgan fingerprint density at radius 2 is 1.98 bits per heavy atom. The Hall–Kier alpha value is -4.06. The third-order valence-corrected chi connectivity index (χ3v) is 8.95. The summed E-state index contributed by atoms with van der Waals surface area (Å²) in [4.78, 5) is 29.9. The number of aryl methyl sites for hydroxylation is 1. The third kappa shape index (κ3) is 4.81. The standard InChI is InChI=1S/C32H37N5O6/c1-5-14-37-25-12-11-22(36-16-17-42-30(36)40)18-23(25)32(29(37)39)20(2)27(31(3,4)41)26(43-32)13-15-35-19-24(33-34-35)28(38)21-9-7-6-8-10-21/h5-12,18-20,26-28,38,41H,1,13-17H2,2-4H3/t20-,26+,27-,28+,32+/m0/s1. The average Bonchev–Trinajstić information content (AvgIpc) is 3.75. The van der Waals surface area contributed by atoms with E-state index in [0.29, 0.717) is 48.7 Å². The van der Waals surface area contributed by atoms with E-state index in [2.05, 4.69) is 16.9 Å². The summed E-state index contributed by atoms with van der Waals surface area (Å²) in [7, 11) is 0. The number of carbonyl (C=O) groups is 2. The first-order valence-electron chi connectivity index (χ1n) is 14.6. The highest BCUT2D eigenvalue weighted by Crippen LogP contribution is 2.58. The molecule has 3 aromatic rings. The molecule has 2 fully saturated rings. The molecule has 0 bridgehead atoms. The SMILES string of the molecule is C=CCN1C(=O)[C@]2(O[C@H](CCn3cc([C@H](O)c4ccccc4)nn3)[C@@H](C(C)(C)O)[C@@H]2C)c2cc(N3CCOC3=O)ccc21. The van der Waals surface area contributed by atoms with E-state index in [1.54, 1.807) is 40.6 Å². The maximum atomic E-state index is 14.3. The molecule has 0 radical (unpaired) electrons. The fraction of sp³-hybridized carbons (Fsp3) is 0.438. The van der Waals surface area contributed by atoms with Crippen LogP contribution in [0.15, 0.2) is 67.4 Å². The molecule has 43 heavy (non-hydrogen) atoms. The molecule has 0 saturated carbocycles. The van der Waals surface area contributed by atoms with Gasteiger partial charge in [-0.1, -0.05) is 48.5 Å². The van der Waals surface area contributed by atoms with Crippen LogP contribution in [-0.4, -0.2) is 68.6 Å². The van der Waals surface area contributed by atoms with Gasteiger partial charge in [0.15, 0.2) is 5.60 Å². The van der Waals surface area contributed by atoms with E-state index in [-0.39, 0.29) is 12.5 Å². The smallest absolute Gasteiger partial charge is 0.414 e. The Morgan fingerprint density at radius 1 is 1.21 bits per heavy atom. The number of nitrogens with zero attached hydrogens (tertiary/aromatic N) is 5. The molecule has 2 amide bonds. The van der Waals surface area contributed by atoms with Crippen molar-refractivity contribution in [2.45, 2.75) is 57.1 Å². The Labute approximate surface area is 250 Å². The van der Waals surface area contributed by atoms with Crippen molar-refractivity contribution in [1.29, 1.82) is 0 Å². The molecular formula is C32H37N5O6. The summed E-state index contributed by atoms with van der Waals surface area (Å²) in [5.41, 5.74) is 0.581. The number of benzene rings is 2. The van der Waals surface area contributed by atoms with Crippen LogP contribution in [0.3, 0.4) is 0 Å². The van der Waals surface area contributed by atoms with Gasteiger partial charge in [-0.3, -0.25) is 14.4 Å². The van der Waals surface area contributed by atoms with Crippen LogP contribution in [0.2, 0.25) is 0 Å². The summed E-state index contributed by atoms with van der Waals surface area (Å²) in [5.74, 6) is -1.04. The number of hydrogen-bond donors (Lipinski definition) is 2. The van der Waals surface area contributed by atoms with Crippen LogP contribution < -0.4 is 9.80 Å². The summed E-state index contributed by atoms with van der Waals surface area (Å²) in [6.07, 6.45) is 1.96. The van der Waals surface area contributed by atoms with Crippen LogP contribution in [0.5, 0.6) is 0 Å². The van der Waals surface area contributed by atoms with Gasteiger partial charge < -0.3 is 24.6 Å². The zero-order chi connectivity index (χ0) is 30.5. The third-order valence-electron chi connectivity index (χ3n) is 8.95. The highest BCUT2D eigenvalue weighted by molar-refractivity contribution is 6.08. The van der Waals surface area contributed by atoms with E-state index in [9.17, 15) is 19.8 Å². The second kappa shape index (κ2) is 10.9. The minimum Gasteiger partial charge on any atom is -0.447 e. The maximum Gasteiger partial charge on any atom is 0.414 e. The first-order chi connectivity index (χ1) is 20.6. The zero-order valence-corrected chi connectivity index (χ0v) is 24.6. The van der Waals surface area contributed by atoms with Crippen molar-refractivity contribution in [1.82, 2.24) is 15.0 Å². The maximum absolute atomic E-state index is 14.3. The molecule has 1 aromatic heterocycles. The normalized spacial score (nSPS) is 25.8. The highest BCUT2D eigenvalue weighted by atomic mass is 16.6. The average molecular weight is 588 g/mol. The number of ether oxygens (including phenoxy) is 2. The van der Waals surface area contributed by atoms with Gasteiger partial charge >= 0.3 is 6.09 Å². The van der Waals surface area contributed by atoms with E-state index in [0.717, 1.165) is 5.56 Å². The molecule has 2 aromatic carbocycles. The quantitative estimate of drug-likeness (QED) is 0.364. The predicted molar refractivity (Wildman–Crippen MR) is 158 cm³/mol. The molecule has 11 heteroatoms. The summed E-state index contributed by atoms with van der Waals surface area (Å²) in [6.45, 7) is 10.7. The van der Waals surface area contributed by atoms with E-state index in [1.165, 1.54) is 0 Å². The molecular weight excluding hydrogens is 550 g/mol. The van der Waals surface area contributed by atoms with Crippen molar-refractivity contribution in [3.05, 3.63) is 84.2 Å². The number of anilines is 2. The zero-order valence-electron chi connectivity index (χ0n) is 24.6. The van der Waals surface area contributed by atoms with Crippen LogP contribution >= 0.6 is 0 Å². The van der Waals surface area contributed by atoms with Gasteiger partial charge in [-0.25, -0.2) is 4.79 Å².